The smallest absolute Gasteiger partial charge is 0.223 e. The largest absolute Gasteiger partial charge is 0.382 e. The van der Waals surface area contributed by atoms with E-state index in [0.717, 1.165) is 31.6 Å². The Labute approximate surface area is 209 Å². The monoisotopic (exact) mass is 505 g/mol. The van der Waals surface area contributed by atoms with Gasteiger partial charge < -0.3 is 15.1 Å². The Balaban J connectivity index is 1.18. The lowest BCUT2D eigenvalue weighted by atomic mass is 10.0. The van der Waals surface area contributed by atoms with Crippen LogP contribution in [0.5, 0.6) is 0 Å². The number of likely N-dealkylation sites (tertiary alicyclic amines) is 1. The van der Waals surface area contributed by atoms with E-state index in [-0.39, 0.29) is 29.0 Å². The number of piperidine rings is 1. The summed E-state index contributed by atoms with van der Waals surface area (Å²) in [6.07, 6.45) is 2.07. The van der Waals surface area contributed by atoms with Crippen molar-refractivity contribution in [1.82, 2.24) is 9.80 Å². The third kappa shape index (κ3) is 6.46. The molecule has 2 aromatic carbocycles. The normalized spacial score (nSPS) is 17.5. The van der Waals surface area contributed by atoms with Gasteiger partial charge in [0.1, 0.15) is 18.2 Å². The molecule has 10 heteroatoms. The Morgan fingerprint density at radius 1 is 1.06 bits per heavy atom. The van der Waals surface area contributed by atoms with E-state index in [0.29, 0.717) is 49.9 Å². The zero-order valence-corrected chi connectivity index (χ0v) is 20.3. The maximum absolute atomic E-state index is 14.2. The molecule has 2 fully saturated rings. The van der Waals surface area contributed by atoms with Crippen LogP contribution in [0.1, 0.15) is 24.8 Å². The van der Waals surface area contributed by atoms with Crippen LogP contribution in [0.15, 0.2) is 41.6 Å². The summed E-state index contributed by atoms with van der Waals surface area (Å²) in [4.78, 5) is 29.7. The minimum absolute atomic E-state index is 0.122. The lowest BCUT2D eigenvalue weighted by molar-refractivity contribution is -0.132. The molecule has 0 aromatic heterocycles. The number of nitrogens with zero attached hydrogens (tertiary/aromatic N) is 4. The molecule has 0 bridgehead atoms. The molecule has 1 amide bonds. The van der Waals surface area contributed by atoms with Crippen LogP contribution in [-0.2, 0) is 11.5 Å². The molecule has 0 spiro atoms. The summed E-state index contributed by atoms with van der Waals surface area (Å²) < 4.78 is 27.3. The van der Waals surface area contributed by atoms with Gasteiger partial charge in [0, 0.05) is 74.5 Å². The quantitative estimate of drug-likeness (QED) is 0.513. The molecule has 0 saturated carbocycles. The van der Waals surface area contributed by atoms with Crippen LogP contribution in [0.2, 0.25) is 5.02 Å². The molecule has 2 heterocycles. The third-order valence-electron chi connectivity index (χ3n) is 6.80. The van der Waals surface area contributed by atoms with Gasteiger partial charge in [-0.3, -0.25) is 9.69 Å². The summed E-state index contributed by atoms with van der Waals surface area (Å²) in [6, 6.07) is 9.81. The maximum Gasteiger partial charge on any atom is 0.223 e. The van der Waals surface area contributed by atoms with Gasteiger partial charge in [0.2, 0.25) is 5.91 Å². The summed E-state index contributed by atoms with van der Waals surface area (Å²) in [7, 11) is 0. The summed E-state index contributed by atoms with van der Waals surface area (Å²) in [5, 5.41) is 6.61. The van der Waals surface area contributed by atoms with Crippen molar-refractivity contribution < 1.29 is 13.6 Å². The number of hydrogen-bond donors (Lipinski definition) is 1. The number of anilines is 2. The Morgan fingerprint density at radius 3 is 2.46 bits per heavy atom. The van der Waals surface area contributed by atoms with Crippen molar-refractivity contribution in [2.24, 2.45) is 5.18 Å². The highest BCUT2D eigenvalue weighted by Gasteiger charge is 2.25. The number of halogens is 3. The van der Waals surface area contributed by atoms with Gasteiger partial charge in [0.05, 0.1) is 5.69 Å². The average molecular weight is 506 g/mol. The number of alkyl halides is 1. The molecule has 2 aromatic rings. The zero-order chi connectivity index (χ0) is 24.8. The predicted octanol–water partition coefficient (Wildman–Crippen LogP) is 4.96. The SMILES string of the molecule is O=Nc1ccc(NC2CCN(C(=O)CCN3CCN(c4ccc(Cl)cc4F)CC3)CC2)cc1CF. The Morgan fingerprint density at radius 2 is 1.80 bits per heavy atom. The van der Waals surface area contributed by atoms with Crippen molar-refractivity contribution in [3.05, 3.63) is 57.7 Å². The first kappa shape index (κ1) is 25.3. The number of carbonyl (C=O) groups excluding carboxylic acids is 1. The van der Waals surface area contributed by atoms with Gasteiger partial charge in [-0.1, -0.05) is 11.6 Å². The van der Waals surface area contributed by atoms with E-state index in [2.05, 4.69) is 15.4 Å². The van der Waals surface area contributed by atoms with Gasteiger partial charge in [-0.05, 0) is 54.4 Å². The number of carbonyl (C=O) groups is 1. The molecule has 35 heavy (non-hydrogen) atoms. The maximum atomic E-state index is 14.2. The second kappa shape index (κ2) is 11.8. The molecule has 0 radical (unpaired) electrons. The number of rotatable bonds is 8. The van der Waals surface area contributed by atoms with Crippen LogP contribution < -0.4 is 10.2 Å². The van der Waals surface area contributed by atoms with Crippen LogP contribution in [-0.4, -0.2) is 67.6 Å². The van der Waals surface area contributed by atoms with Gasteiger partial charge in [-0.25, -0.2) is 8.78 Å². The van der Waals surface area contributed by atoms with Crippen LogP contribution >= 0.6 is 11.6 Å². The first-order chi connectivity index (χ1) is 17.0. The zero-order valence-electron chi connectivity index (χ0n) is 19.6. The van der Waals surface area contributed by atoms with E-state index in [1.807, 2.05) is 9.80 Å². The lowest BCUT2D eigenvalue weighted by Crippen LogP contribution is -2.48. The second-order valence-electron chi connectivity index (χ2n) is 9.04. The summed E-state index contributed by atoms with van der Waals surface area (Å²) >= 11 is 5.85. The fraction of sp³-hybridized carbons (Fsp3) is 0.480. The van der Waals surface area contributed by atoms with Crippen LogP contribution in [0.3, 0.4) is 0 Å². The number of hydrogen-bond acceptors (Lipinski definition) is 6. The number of benzene rings is 2. The van der Waals surface area contributed by atoms with E-state index in [4.69, 9.17) is 11.6 Å². The van der Waals surface area contributed by atoms with E-state index >= 15 is 0 Å². The molecule has 188 valence electrons. The fourth-order valence-corrected chi connectivity index (χ4v) is 4.90. The van der Waals surface area contributed by atoms with Crippen LogP contribution in [0.25, 0.3) is 0 Å². The van der Waals surface area contributed by atoms with Gasteiger partial charge in [0.15, 0.2) is 0 Å². The number of nitroso groups, excluding NO2 is 1. The molecule has 2 aliphatic heterocycles. The van der Waals surface area contributed by atoms with Crippen molar-refractivity contribution >= 4 is 34.6 Å². The average Bonchev–Trinajstić information content (AvgIpc) is 2.88. The molecular weight excluding hydrogens is 476 g/mol. The standard InChI is InChI=1S/C25H30ClF2N5O2/c26-19-1-4-24(22(28)16-19)32-13-11-31(12-14-32)8-7-25(34)33-9-5-20(6-10-33)29-21-2-3-23(30-35)18(15-21)17-27/h1-4,15-16,20,29H,5-14,17H2. The highest BCUT2D eigenvalue weighted by atomic mass is 35.5. The topological polar surface area (TPSA) is 68.2 Å². The number of nitrogens with one attached hydrogen (secondary N) is 1. The Kier molecular flexibility index (Phi) is 8.51. The van der Waals surface area contributed by atoms with Gasteiger partial charge in [0.25, 0.3) is 0 Å². The molecule has 7 nitrogen and oxygen atoms in total. The van der Waals surface area contributed by atoms with Crippen molar-refractivity contribution in [2.75, 3.05) is 56.0 Å². The second-order valence-corrected chi connectivity index (χ2v) is 9.48. The molecular formula is C25H30ClF2N5O2. The van der Waals surface area contributed by atoms with E-state index < -0.39 is 6.67 Å². The lowest BCUT2D eigenvalue weighted by Gasteiger charge is -2.37. The van der Waals surface area contributed by atoms with E-state index in [1.165, 1.54) is 12.1 Å². The minimum Gasteiger partial charge on any atom is -0.382 e. The van der Waals surface area contributed by atoms with E-state index in [1.54, 1.807) is 24.3 Å². The molecule has 2 saturated heterocycles. The van der Waals surface area contributed by atoms with Crippen LogP contribution in [0.4, 0.5) is 25.8 Å². The van der Waals surface area contributed by atoms with Crippen molar-refractivity contribution in [3.63, 3.8) is 0 Å². The highest BCUT2D eigenvalue weighted by Crippen LogP contribution is 2.26. The summed E-state index contributed by atoms with van der Waals surface area (Å²) in [5.74, 6) is -0.160. The molecule has 0 aliphatic carbocycles. The van der Waals surface area contributed by atoms with Gasteiger partial charge >= 0.3 is 0 Å². The van der Waals surface area contributed by atoms with E-state index in [9.17, 15) is 18.5 Å². The highest BCUT2D eigenvalue weighted by molar-refractivity contribution is 6.30. The molecule has 4 rings (SSSR count). The fourth-order valence-electron chi connectivity index (χ4n) is 4.74. The third-order valence-corrected chi connectivity index (χ3v) is 7.04. The number of amides is 1. The molecule has 2 aliphatic rings. The molecule has 1 N–H and O–H groups in total. The van der Waals surface area contributed by atoms with Crippen molar-refractivity contribution in [2.45, 2.75) is 32.0 Å². The van der Waals surface area contributed by atoms with Gasteiger partial charge in [-0.2, -0.15) is 0 Å². The van der Waals surface area contributed by atoms with Crippen molar-refractivity contribution in [1.29, 1.82) is 0 Å². The summed E-state index contributed by atoms with van der Waals surface area (Å²) in [5.41, 5.74) is 1.72. The van der Waals surface area contributed by atoms with Crippen molar-refractivity contribution in [3.8, 4) is 0 Å². The first-order valence-corrected chi connectivity index (χ1v) is 12.3. The Bertz CT molecular complexity index is 1040. The Hall–Kier alpha value is -2.78. The predicted molar refractivity (Wildman–Crippen MR) is 135 cm³/mol. The molecule has 0 unspecified atom stereocenters. The van der Waals surface area contributed by atoms with Crippen LogP contribution in [0, 0.1) is 10.7 Å². The van der Waals surface area contributed by atoms with Gasteiger partial charge in [-0.15, -0.1) is 4.91 Å². The molecule has 0 atom stereocenters. The summed E-state index contributed by atoms with van der Waals surface area (Å²) in [6.45, 7) is 4.26. The first-order valence-electron chi connectivity index (χ1n) is 12.0. The minimum atomic E-state index is -0.739. The number of piperazine rings is 1.